The summed E-state index contributed by atoms with van der Waals surface area (Å²) in [5, 5.41) is 0. The smallest absolute Gasteiger partial charge is 0.215 e. The number of nitrogens with zero attached hydrogens (tertiary/aromatic N) is 2. The van der Waals surface area contributed by atoms with Crippen LogP contribution in [0.1, 0.15) is 63.6 Å². The quantitative estimate of drug-likeness (QED) is 0.912. The van der Waals surface area contributed by atoms with E-state index in [1.165, 1.54) is 44.9 Å². The lowest BCUT2D eigenvalue weighted by atomic mass is 9.91. The van der Waals surface area contributed by atoms with Gasteiger partial charge in [0, 0.05) is 12.0 Å². The molecule has 2 heterocycles. The molecule has 1 saturated carbocycles. The van der Waals surface area contributed by atoms with Crippen molar-refractivity contribution in [1.82, 2.24) is 15.0 Å². The number of H-pyrrole nitrogens is 1. The van der Waals surface area contributed by atoms with Crippen LogP contribution in [0.5, 0.6) is 5.88 Å². The van der Waals surface area contributed by atoms with Crippen molar-refractivity contribution in [3.63, 3.8) is 0 Å². The van der Waals surface area contributed by atoms with Crippen molar-refractivity contribution in [2.75, 3.05) is 6.61 Å². The minimum absolute atomic E-state index is 0.569. The van der Waals surface area contributed by atoms with Crippen molar-refractivity contribution >= 4 is 11.2 Å². The van der Waals surface area contributed by atoms with E-state index >= 15 is 0 Å². The third-order valence-electron chi connectivity index (χ3n) is 4.12. The molecular weight excluding hydrogens is 250 g/mol. The minimum Gasteiger partial charge on any atom is -0.478 e. The predicted octanol–water partition coefficient (Wildman–Crippen LogP) is 4.18. The van der Waals surface area contributed by atoms with Crippen molar-refractivity contribution in [1.29, 1.82) is 0 Å². The van der Waals surface area contributed by atoms with Gasteiger partial charge in [-0.2, -0.15) is 4.98 Å². The molecule has 108 valence electrons. The highest BCUT2D eigenvalue weighted by Gasteiger charge is 2.17. The Morgan fingerprint density at radius 3 is 2.60 bits per heavy atom. The minimum atomic E-state index is 0.569. The average molecular weight is 273 g/mol. The summed E-state index contributed by atoms with van der Waals surface area (Å²) in [6, 6.07) is 3.93. The molecule has 2 aromatic rings. The zero-order valence-electron chi connectivity index (χ0n) is 12.2. The van der Waals surface area contributed by atoms with E-state index in [-0.39, 0.29) is 0 Å². The summed E-state index contributed by atoms with van der Waals surface area (Å²) in [5.74, 6) is 2.35. The molecule has 0 radical (unpaired) electrons. The lowest BCUT2D eigenvalue weighted by Gasteiger charge is -2.17. The van der Waals surface area contributed by atoms with Crippen molar-refractivity contribution in [2.45, 2.75) is 57.8 Å². The van der Waals surface area contributed by atoms with Crippen LogP contribution in [-0.4, -0.2) is 21.6 Å². The molecule has 1 fully saturated rings. The molecule has 0 aromatic carbocycles. The van der Waals surface area contributed by atoms with E-state index in [2.05, 4.69) is 9.97 Å². The van der Waals surface area contributed by atoms with Gasteiger partial charge in [0.25, 0.3) is 0 Å². The molecule has 0 aliphatic heterocycles. The molecule has 1 aliphatic carbocycles. The molecule has 4 nitrogen and oxygen atoms in total. The fourth-order valence-electron chi connectivity index (χ4n) is 3.05. The van der Waals surface area contributed by atoms with Crippen LogP contribution in [0.4, 0.5) is 0 Å². The van der Waals surface area contributed by atoms with Gasteiger partial charge in [0.15, 0.2) is 5.65 Å². The first kappa shape index (κ1) is 13.4. The monoisotopic (exact) mass is 273 g/mol. The molecule has 4 heteroatoms. The highest BCUT2D eigenvalue weighted by Crippen LogP contribution is 2.30. The molecule has 0 bridgehead atoms. The Morgan fingerprint density at radius 2 is 1.85 bits per heavy atom. The molecule has 20 heavy (non-hydrogen) atoms. The van der Waals surface area contributed by atoms with Crippen LogP contribution in [0.2, 0.25) is 0 Å². The molecule has 0 unspecified atom stereocenters. The van der Waals surface area contributed by atoms with Crippen molar-refractivity contribution in [3.8, 4) is 5.88 Å². The van der Waals surface area contributed by atoms with E-state index in [1.807, 2.05) is 19.1 Å². The summed E-state index contributed by atoms with van der Waals surface area (Å²) >= 11 is 0. The number of hydrogen-bond acceptors (Lipinski definition) is 3. The van der Waals surface area contributed by atoms with Crippen LogP contribution in [-0.2, 0) is 0 Å². The molecule has 0 atom stereocenters. The van der Waals surface area contributed by atoms with E-state index < -0.39 is 0 Å². The Balaban J connectivity index is 1.83. The molecule has 1 N–H and O–H groups in total. The number of rotatable bonds is 3. The normalized spacial score (nSPS) is 17.9. The van der Waals surface area contributed by atoms with Crippen LogP contribution in [0.3, 0.4) is 0 Å². The number of aromatic nitrogens is 3. The van der Waals surface area contributed by atoms with E-state index in [0.717, 1.165) is 17.0 Å². The summed E-state index contributed by atoms with van der Waals surface area (Å²) in [7, 11) is 0. The maximum absolute atomic E-state index is 5.44. The molecule has 2 aromatic heterocycles. The van der Waals surface area contributed by atoms with E-state index in [0.29, 0.717) is 18.4 Å². The van der Waals surface area contributed by atoms with Gasteiger partial charge in [-0.3, -0.25) is 0 Å². The fraction of sp³-hybridized carbons (Fsp3) is 0.625. The second-order valence-corrected chi connectivity index (χ2v) is 5.62. The molecular formula is C16H23N3O. The standard InChI is InChI=1S/C16H23N3O/c1-2-20-14-11-10-13-16(18-14)19-15(17-13)12-8-6-4-3-5-7-9-12/h10-12H,2-9H2,1H3,(H,17,18,19). The largest absolute Gasteiger partial charge is 0.478 e. The lowest BCUT2D eigenvalue weighted by Crippen LogP contribution is -2.04. The van der Waals surface area contributed by atoms with Gasteiger partial charge in [0.1, 0.15) is 5.82 Å². The van der Waals surface area contributed by atoms with Crippen LogP contribution in [0, 0.1) is 0 Å². The van der Waals surface area contributed by atoms with Gasteiger partial charge in [-0.25, -0.2) is 4.98 Å². The molecule has 0 amide bonds. The zero-order chi connectivity index (χ0) is 13.8. The Labute approximate surface area is 120 Å². The molecule has 1 aliphatic rings. The molecule has 3 rings (SSSR count). The summed E-state index contributed by atoms with van der Waals surface area (Å²) in [6.45, 7) is 2.61. The number of fused-ring (bicyclic) bond motifs is 1. The fourth-order valence-corrected chi connectivity index (χ4v) is 3.05. The second kappa shape index (κ2) is 6.25. The number of ether oxygens (including phenoxy) is 1. The number of pyridine rings is 1. The average Bonchev–Trinajstić information content (AvgIpc) is 2.81. The Morgan fingerprint density at radius 1 is 1.10 bits per heavy atom. The molecule has 0 spiro atoms. The second-order valence-electron chi connectivity index (χ2n) is 5.62. The van der Waals surface area contributed by atoms with Gasteiger partial charge in [-0.1, -0.05) is 32.1 Å². The molecule has 0 saturated heterocycles. The highest BCUT2D eigenvalue weighted by molar-refractivity contribution is 5.71. The first-order valence-electron chi connectivity index (χ1n) is 7.86. The summed E-state index contributed by atoms with van der Waals surface area (Å²) in [5.41, 5.74) is 1.80. The Bertz CT molecular complexity index is 556. The van der Waals surface area contributed by atoms with Crippen molar-refractivity contribution in [2.24, 2.45) is 0 Å². The van der Waals surface area contributed by atoms with Crippen LogP contribution in [0.15, 0.2) is 12.1 Å². The predicted molar refractivity (Wildman–Crippen MR) is 80.1 cm³/mol. The lowest BCUT2D eigenvalue weighted by molar-refractivity contribution is 0.328. The third-order valence-corrected chi connectivity index (χ3v) is 4.12. The topological polar surface area (TPSA) is 50.8 Å². The Hall–Kier alpha value is -1.58. The Kier molecular flexibility index (Phi) is 4.19. The highest BCUT2D eigenvalue weighted by atomic mass is 16.5. The summed E-state index contributed by atoms with van der Waals surface area (Å²) < 4.78 is 5.44. The first-order valence-corrected chi connectivity index (χ1v) is 7.86. The first-order chi connectivity index (χ1) is 9.86. The third kappa shape index (κ3) is 2.94. The number of aromatic amines is 1. The van der Waals surface area contributed by atoms with Crippen LogP contribution >= 0.6 is 0 Å². The van der Waals surface area contributed by atoms with Gasteiger partial charge < -0.3 is 9.72 Å². The van der Waals surface area contributed by atoms with E-state index in [9.17, 15) is 0 Å². The number of nitrogens with one attached hydrogen (secondary N) is 1. The summed E-state index contributed by atoms with van der Waals surface area (Å²) in [6.07, 6.45) is 9.26. The van der Waals surface area contributed by atoms with Gasteiger partial charge in [-0.15, -0.1) is 0 Å². The van der Waals surface area contributed by atoms with Crippen molar-refractivity contribution < 1.29 is 4.74 Å². The van der Waals surface area contributed by atoms with E-state index in [4.69, 9.17) is 9.72 Å². The van der Waals surface area contributed by atoms with Crippen molar-refractivity contribution in [3.05, 3.63) is 18.0 Å². The van der Waals surface area contributed by atoms with Gasteiger partial charge >= 0.3 is 0 Å². The van der Waals surface area contributed by atoms with Crippen LogP contribution in [0.25, 0.3) is 11.2 Å². The maximum atomic E-state index is 5.44. The van der Waals surface area contributed by atoms with Crippen LogP contribution < -0.4 is 4.74 Å². The maximum Gasteiger partial charge on any atom is 0.215 e. The number of imidazole rings is 1. The summed E-state index contributed by atoms with van der Waals surface area (Å²) in [4.78, 5) is 12.6. The van der Waals surface area contributed by atoms with Gasteiger partial charge in [0.05, 0.1) is 12.1 Å². The zero-order valence-corrected chi connectivity index (χ0v) is 12.2. The SMILES string of the molecule is CCOc1ccc2[nH]c(C3CCCCCCC3)nc2n1. The van der Waals surface area contributed by atoms with E-state index in [1.54, 1.807) is 0 Å². The number of hydrogen-bond donors (Lipinski definition) is 1. The van der Waals surface area contributed by atoms with Gasteiger partial charge in [-0.05, 0) is 25.8 Å². The van der Waals surface area contributed by atoms with Gasteiger partial charge in [0.2, 0.25) is 5.88 Å².